The Morgan fingerprint density at radius 1 is 1.67 bits per heavy atom. The molecule has 0 heterocycles. The summed E-state index contributed by atoms with van der Waals surface area (Å²) in [5.74, 6) is 0.156. The van der Waals surface area contributed by atoms with E-state index in [1.165, 1.54) is 6.08 Å². The molecule has 0 saturated heterocycles. The van der Waals surface area contributed by atoms with Gasteiger partial charge in [-0.05, 0) is 6.92 Å². The number of carbonyl (C=O) groups is 1. The Labute approximate surface area is 78.1 Å². The normalized spacial score (nSPS) is 8.56. The SMILES string of the molecule is [CH-]=CC=CCC(C)=O.[Na+]. The van der Waals surface area contributed by atoms with Crippen molar-refractivity contribution in [2.75, 3.05) is 0 Å². The Bertz CT molecular complexity index is 116. The first-order valence-electron chi connectivity index (χ1n) is 2.47. The van der Waals surface area contributed by atoms with E-state index in [4.69, 9.17) is 6.58 Å². The summed E-state index contributed by atoms with van der Waals surface area (Å²) >= 11 is 0. The molecule has 0 spiro atoms. The van der Waals surface area contributed by atoms with Crippen LogP contribution >= 0.6 is 0 Å². The fourth-order valence-electron chi connectivity index (χ4n) is 0.313. The van der Waals surface area contributed by atoms with Gasteiger partial charge < -0.3 is 0 Å². The van der Waals surface area contributed by atoms with Crippen LogP contribution in [-0.2, 0) is 4.79 Å². The zero-order valence-corrected chi connectivity index (χ0v) is 7.92. The van der Waals surface area contributed by atoms with Crippen LogP contribution in [-0.4, -0.2) is 5.78 Å². The van der Waals surface area contributed by atoms with Crippen LogP contribution in [0.5, 0.6) is 0 Å². The molecule has 0 aromatic carbocycles. The van der Waals surface area contributed by atoms with Gasteiger partial charge in [-0.3, -0.25) is 11.4 Å². The summed E-state index contributed by atoms with van der Waals surface area (Å²) < 4.78 is 0. The molecule has 0 unspecified atom stereocenters. The molecule has 0 aliphatic heterocycles. The molecule has 0 amide bonds. The molecule has 44 valence electrons. The second-order valence-electron chi connectivity index (χ2n) is 1.53. The smallest absolute Gasteiger partial charge is 0.300 e. The Morgan fingerprint density at radius 2 is 2.22 bits per heavy atom. The van der Waals surface area contributed by atoms with E-state index in [2.05, 4.69) is 0 Å². The van der Waals surface area contributed by atoms with Crippen molar-refractivity contribution in [1.82, 2.24) is 0 Å². The molecule has 0 N–H and O–H groups in total. The van der Waals surface area contributed by atoms with Gasteiger partial charge in [0, 0.05) is 6.42 Å². The largest absolute Gasteiger partial charge is 1.00 e. The molecule has 2 heteroatoms. The van der Waals surface area contributed by atoms with Gasteiger partial charge in [0.2, 0.25) is 0 Å². The number of hydrogen-bond acceptors (Lipinski definition) is 1. The maximum atomic E-state index is 10.2. The van der Waals surface area contributed by atoms with Crippen molar-refractivity contribution in [1.29, 1.82) is 0 Å². The number of rotatable bonds is 3. The topological polar surface area (TPSA) is 17.1 Å². The summed E-state index contributed by atoms with van der Waals surface area (Å²) in [7, 11) is 0. The van der Waals surface area contributed by atoms with Crippen LogP contribution in [0.2, 0.25) is 0 Å². The van der Waals surface area contributed by atoms with Gasteiger partial charge in [0.05, 0.1) is 0 Å². The fraction of sp³-hybridized carbons (Fsp3) is 0.286. The zero-order valence-electron chi connectivity index (χ0n) is 5.92. The molecule has 9 heavy (non-hydrogen) atoms. The number of ketones is 1. The number of allylic oxidation sites excluding steroid dienone is 3. The standard InChI is InChI=1S/C7H9O.Na/c1-3-4-5-6-7(2)8;/h1,3-5H,6H2,2H3;/q-1;+1. The van der Waals surface area contributed by atoms with Crippen molar-refractivity contribution in [3.63, 3.8) is 0 Å². The zero-order chi connectivity index (χ0) is 6.41. The molecule has 0 aliphatic carbocycles. The van der Waals surface area contributed by atoms with Gasteiger partial charge in [-0.25, -0.2) is 12.2 Å². The first-order chi connectivity index (χ1) is 3.77. The van der Waals surface area contributed by atoms with Crippen LogP contribution in [0.1, 0.15) is 13.3 Å². The van der Waals surface area contributed by atoms with Crippen LogP contribution in [0.3, 0.4) is 0 Å². The van der Waals surface area contributed by atoms with Gasteiger partial charge in [0.1, 0.15) is 5.78 Å². The monoisotopic (exact) mass is 132 g/mol. The van der Waals surface area contributed by atoms with E-state index in [0.29, 0.717) is 6.42 Å². The maximum Gasteiger partial charge on any atom is 1.00 e. The minimum Gasteiger partial charge on any atom is -0.300 e. The van der Waals surface area contributed by atoms with E-state index >= 15 is 0 Å². The molecule has 0 aromatic rings. The van der Waals surface area contributed by atoms with E-state index in [1.54, 1.807) is 19.1 Å². The Hall–Kier alpha value is 0.150. The van der Waals surface area contributed by atoms with Crippen molar-refractivity contribution in [2.24, 2.45) is 0 Å². The quantitative estimate of drug-likeness (QED) is 0.260. The summed E-state index contributed by atoms with van der Waals surface area (Å²) in [6.07, 6.45) is 5.26. The van der Waals surface area contributed by atoms with Crippen molar-refractivity contribution in [3.05, 3.63) is 24.8 Å². The summed E-state index contributed by atoms with van der Waals surface area (Å²) in [6.45, 7) is 6.53. The van der Waals surface area contributed by atoms with Crippen molar-refractivity contribution in [2.45, 2.75) is 13.3 Å². The third-order valence-electron chi connectivity index (χ3n) is 0.653. The van der Waals surface area contributed by atoms with Crippen molar-refractivity contribution in [3.8, 4) is 0 Å². The van der Waals surface area contributed by atoms with Crippen LogP contribution in [0.15, 0.2) is 18.2 Å². The maximum absolute atomic E-state index is 10.2. The van der Waals surface area contributed by atoms with Gasteiger partial charge in [0.25, 0.3) is 0 Å². The van der Waals surface area contributed by atoms with Gasteiger partial charge in [0.15, 0.2) is 0 Å². The molecule has 0 saturated carbocycles. The van der Waals surface area contributed by atoms with Crippen LogP contribution in [0.4, 0.5) is 0 Å². The Kier molecular flexibility index (Phi) is 10.8. The first kappa shape index (κ1) is 11.9. The molecule has 0 atom stereocenters. The van der Waals surface area contributed by atoms with E-state index in [9.17, 15) is 4.79 Å². The average molecular weight is 132 g/mol. The number of hydrogen-bond donors (Lipinski definition) is 0. The average Bonchev–Trinajstić information content (AvgIpc) is 1.66. The molecule has 0 fully saturated rings. The van der Waals surface area contributed by atoms with Crippen molar-refractivity contribution < 1.29 is 34.4 Å². The minimum absolute atomic E-state index is 0. The van der Waals surface area contributed by atoms with Crippen molar-refractivity contribution >= 4 is 5.78 Å². The summed E-state index contributed by atoms with van der Waals surface area (Å²) in [6, 6.07) is 0. The van der Waals surface area contributed by atoms with Gasteiger partial charge in [-0.2, -0.15) is 6.08 Å². The molecule has 0 rings (SSSR count). The van der Waals surface area contributed by atoms with Gasteiger partial charge in [-0.1, -0.05) is 0 Å². The van der Waals surface area contributed by atoms with Crippen LogP contribution < -0.4 is 29.6 Å². The molecule has 0 aliphatic rings. The molecule has 1 nitrogen and oxygen atoms in total. The van der Waals surface area contributed by atoms with E-state index in [1.807, 2.05) is 0 Å². The number of carbonyl (C=O) groups excluding carboxylic acids is 1. The first-order valence-corrected chi connectivity index (χ1v) is 2.47. The summed E-state index contributed by atoms with van der Waals surface area (Å²) in [5, 5.41) is 0. The van der Waals surface area contributed by atoms with E-state index in [0.717, 1.165) is 0 Å². The summed E-state index contributed by atoms with van der Waals surface area (Å²) in [5.41, 5.74) is 0. The second-order valence-corrected chi connectivity index (χ2v) is 1.53. The molecular formula is C7H9NaO. The Morgan fingerprint density at radius 3 is 2.56 bits per heavy atom. The van der Waals surface area contributed by atoms with Crippen LogP contribution in [0, 0.1) is 6.58 Å². The van der Waals surface area contributed by atoms with E-state index in [-0.39, 0.29) is 35.3 Å². The molecular weight excluding hydrogens is 123 g/mol. The number of Topliss-reactive ketones (excluding diaryl/α,β-unsaturated/α-hetero) is 1. The second kappa shape index (κ2) is 8.15. The fourth-order valence-corrected chi connectivity index (χ4v) is 0.313. The predicted octanol–water partition coefficient (Wildman–Crippen LogP) is -1.49. The molecule has 0 aromatic heterocycles. The predicted molar refractivity (Wildman–Crippen MR) is 33.3 cm³/mol. The summed E-state index contributed by atoms with van der Waals surface area (Å²) in [4.78, 5) is 10.2. The Balaban J connectivity index is 0. The van der Waals surface area contributed by atoms with Gasteiger partial charge >= 0.3 is 29.6 Å². The third-order valence-corrected chi connectivity index (χ3v) is 0.653. The van der Waals surface area contributed by atoms with Gasteiger partial charge in [-0.15, -0.1) is 0 Å². The third kappa shape index (κ3) is 11.6. The van der Waals surface area contributed by atoms with E-state index < -0.39 is 0 Å². The van der Waals surface area contributed by atoms with Crippen LogP contribution in [0.25, 0.3) is 0 Å². The molecule has 0 radical (unpaired) electrons. The minimum atomic E-state index is 0. The molecule has 0 bridgehead atoms.